The molecule has 1 fully saturated rings. The van der Waals surface area contributed by atoms with E-state index < -0.39 is 12.0 Å². The average molecular weight is 292 g/mol. The van der Waals surface area contributed by atoms with Crippen LogP contribution in [0.25, 0.3) is 0 Å². The first-order valence-electron chi connectivity index (χ1n) is 6.93. The summed E-state index contributed by atoms with van der Waals surface area (Å²) in [5.74, 6) is -0.890. The summed E-state index contributed by atoms with van der Waals surface area (Å²) in [7, 11) is 1.50. The Morgan fingerprint density at radius 1 is 1.43 bits per heavy atom. The van der Waals surface area contributed by atoms with E-state index in [1.165, 1.54) is 12.0 Å². The molecule has 1 aliphatic rings. The Morgan fingerprint density at radius 2 is 2.14 bits per heavy atom. The fraction of sp³-hybridized carbons (Fsp3) is 0.467. The van der Waals surface area contributed by atoms with E-state index in [4.69, 9.17) is 10.5 Å². The van der Waals surface area contributed by atoms with Gasteiger partial charge in [0.25, 0.3) is 5.91 Å². The molecule has 1 aromatic rings. The molecule has 0 spiro atoms. The van der Waals surface area contributed by atoms with Gasteiger partial charge in [-0.1, -0.05) is 6.92 Å². The Balaban J connectivity index is 2.35. The number of anilines is 1. The molecule has 21 heavy (non-hydrogen) atoms. The molecule has 1 saturated heterocycles. The number of ether oxygens (including phenoxy) is 1. The van der Waals surface area contributed by atoms with E-state index in [1.807, 2.05) is 6.92 Å². The number of nitrogen functional groups attached to an aromatic ring is 1. The molecule has 6 heteroatoms. The van der Waals surface area contributed by atoms with Gasteiger partial charge >= 0.3 is 5.97 Å². The predicted octanol–water partition coefficient (Wildman–Crippen LogP) is 1.60. The third-order valence-electron chi connectivity index (χ3n) is 3.94. The fourth-order valence-electron chi connectivity index (χ4n) is 2.79. The maximum atomic E-state index is 12.7. The largest absolute Gasteiger partial charge is 0.497 e. The molecule has 0 saturated carbocycles. The summed E-state index contributed by atoms with van der Waals surface area (Å²) in [5.41, 5.74) is 6.47. The smallest absolute Gasteiger partial charge is 0.326 e. The number of likely N-dealkylation sites (tertiary alicyclic amines) is 1. The second kappa shape index (κ2) is 6.03. The minimum Gasteiger partial charge on any atom is -0.497 e. The number of piperidine rings is 1. The van der Waals surface area contributed by atoms with Crippen LogP contribution < -0.4 is 10.5 Å². The molecule has 0 aliphatic carbocycles. The van der Waals surface area contributed by atoms with E-state index in [2.05, 4.69) is 0 Å². The SMILES string of the molecule is COc1ccc(N)c(C(=O)N2CCCC(C)C2C(=O)O)c1. The predicted molar refractivity (Wildman–Crippen MR) is 78.3 cm³/mol. The number of nitrogens with two attached hydrogens (primary N) is 1. The highest BCUT2D eigenvalue weighted by Crippen LogP contribution is 2.28. The molecule has 114 valence electrons. The van der Waals surface area contributed by atoms with Gasteiger partial charge in [0.05, 0.1) is 12.7 Å². The standard InChI is InChI=1S/C15H20N2O4/c1-9-4-3-7-17(13(9)15(19)20)14(18)11-8-10(21-2)5-6-12(11)16/h5-6,8-9,13H,3-4,7,16H2,1-2H3,(H,19,20). The van der Waals surface area contributed by atoms with Crippen molar-refractivity contribution in [3.8, 4) is 5.75 Å². The van der Waals surface area contributed by atoms with Gasteiger partial charge in [0.1, 0.15) is 11.8 Å². The summed E-state index contributed by atoms with van der Waals surface area (Å²) in [4.78, 5) is 25.5. The molecular weight excluding hydrogens is 272 g/mol. The van der Waals surface area contributed by atoms with E-state index in [1.54, 1.807) is 18.2 Å². The topological polar surface area (TPSA) is 92.9 Å². The first kappa shape index (κ1) is 15.2. The Bertz CT molecular complexity index is 559. The number of benzene rings is 1. The zero-order valence-corrected chi connectivity index (χ0v) is 12.2. The van der Waals surface area contributed by atoms with E-state index in [9.17, 15) is 14.7 Å². The van der Waals surface area contributed by atoms with Crippen LogP contribution in [0.3, 0.4) is 0 Å². The van der Waals surface area contributed by atoms with Crippen molar-refractivity contribution in [2.45, 2.75) is 25.8 Å². The molecule has 2 unspecified atom stereocenters. The zero-order chi connectivity index (χ0) is 15.6. The second-order valence-corrected chi connectivity index (χ2v) is 5.35. The lowest BCUT2D eigenvalue weighted by Crippen LogP contribution is -2.52. The highest BCUT2D eigenvalue weighted by Gasteiger charge is 2.37. The number of carboxylic acids is 1. The van der Waals surface area contributed by atoms with Gasteiger partial charge in [-0.3, -0.25) is 4.79 Å². The van der Waals surface area contributed by atoms with Crippen molar-refractivity contribution in [1.82, 2.24) is 4.90 Å². The summed E-state index contributed by atoms with van der Waals surface area (Å²) >= 11 is 0. The number of amides is 1. The first-order valence-corrected chi connectivity index (χ1v) is 6.93. The van der Waals surface area contributed by atoms with Crippen LogP contribution in [-0.2, 0) is 4.79 Å². The number of hydrogen-bond donors (Lipinski definition) is 2. The molecular formula is C15H20N2O4. The lowest BCUT2D eigenvalue weighted by molar-refractivity contribution is -0.145. The van der Waals surface area contributed by atoms with Crippen molar-refractivity contribution >= 4 is 17.6 Å². The summed E-state index contributed by atoms with van der Waals surface area (Å²) in [6, 6.07) is 4.00. The van der Waals surface area contributed by atoms with E-state index in [0.717, 1.165) is 12.8 Å². The van der Waals surface area contributed by atoms with Crippen molar-refractivity contribution in [2.24, 2.45) is 5.92 Å². The third kappa shape index (κ3) is 2.94. The molecule has 1 amide bonds. The van der Waals surface area contributed by atoms with Crippen LogP contribution in [0.4, 0.5) is 5.69 Å². The summed E-state index contributed by atoms with van der Waals surface area (Å²) in [5, 5.41) is 9.40. The molecule has 2 atom stereocenters. The Hall–Kier alpha value is -2.24. The quantitative estimate of drug-likeness (QED) is 0.825. The van der Waals surface area contributed by atoms with Crippen LogP contribution in [0, 0.1) is 5.92 Å². The second-order valence-electron chi connectivity index (χ2n) is 5.35. The van der Waals surface area contributed by atoms with Crippen LogP contribution in [0.5, 0.6) is 5.75 Å². The van der Waals surface area contributed by atoms with Crippen LogP contribution in [0.1, 0.15) is 30.1 Å². The van der Waals surface area contributed by atoms with Gasteiger partial charge in [-0.15, -0.1) is 0 Å². The molecule has 1 heterocycles. The molecule has 0 aromatic heterocycles. The van der Waals surface area contributed by atoms with Crippen molar-refractivity contribution in [3.05, 3.63) is 23.8 Å². The third-order valence-corrected chi connectivity index (χ3v) is 3.94. The highest BCUT2D eigenvalue weighted by molar-refractivity contribution is 6.01. The van der Waals surface area contributed by atoms with Crippen LogP contribution in [0.2, 0.25) is 0 Å². The Morgan fingerprint density at radius 3 is 2.76 bits per heavy atom. The summed E-state index contributed by atoms with van der Waals surface area (Å²) in [6.45, 7) is 2.28. The maximum absolute atomic E-state index is 12.7. The molecule has 0 radical (unpaired) electrons. The van der Waals surface area contributed by atoms with Crippen molar-refractivity contribution in [1.29, 1.82) is 0 Å². The highest BCUT2D eigenvalue weighted by atomic mass is 16.5. The number of hydrogen-bond acceptors (Lipinski definition) is 4. The van der Waals surface area contributed by atoms with Crippen LogP contribution >= 0.6 is 0 Å². The van der Waals surface area contributed by atoms with E-state index in [0.29, 0.717) is 18.0 Å². The summed E-state index contributed by atoms with van der Waals surface area (Å²) in [6.07, 6.45) is 1.59. The molecule has 1 aliphatic heterocycles. The van der Waals surface area contributed by atoms with Gasteiger partial charge in [0.2, 0.25) is 0 Å². The van der Waals surface area contributed by atoms with Gasteiger partial charge < -0.3 is 20.5 Å². The minimum absolute atomic E-state index is 0.0768. The molecule has 1 aromatic carbocycles. The van der Waals surface area contributed by atoms with Gasteiger partial charge in [0, 0.05) is 12.2 Å². The summed E-state index contributed by atoms with van der Waals surface area (Å²) < 4.78 is 5.10. The molecule has 6 nitrogen and oxygen atoms in total. The zero-order valence-electron chi connectivity index (χ0n) is 12.2. The normalized spacial score (nSPS) is 21.9. The molecule has 0 bridgehead atoms. The molecule has 2 rings (SSSR count). The Kier molecular flexibility index (Phi) is 4.35. The maximum Gasteiger partial charge on any atom is 0.326 e. The lowest BCUT2D eigenvalue weighted by atomic mass is 9.90. The van der Waals surface area contributed by atoms with Gasteiger partial charge in [0.15, 0.2) is 0 Å². The van der Waals surface area contributed by atoms with Crippen LogP contribution in [0.15, 0.2) is 18.2 Å². The van der Waals surface area contributed by atoms with Gasteiger partial charge in [-0.05, 0) is 37.0 Å². The monoisotopic (exact) mass is 292 g/mol. The number of carbonyl (C=O) groups excluding carboxylic acids is 1. The number of aliphatic carboxylic acids is 1. The Labute approximate surface area is 123 Å². The molecule has 3 N–H and O–H groups in total. The van der Waals surface area contributed by atoms with Crippen molar-refractivity contribution in [2.75, 3.05) is 19.4 Å². The lowest BCUT2D eigenvalue weighted by Gasteiger charge is -2.37. The van der Waals surface area contributed by atoms with Crippen molar-refractivity contribution < 1.29 is 19.4 Å². The number of rotatable bonds is 3. The minimum atomic E-state index is -0.975. The average Bonchev–Trinajstić information content (AvgIpc) is 2.46. The van der Waals surface area contributed by atoms with Gasteiger partial charge in [-0.2, -0.15) is 0 Å². The van der Waals surface area contributed by atoms with E-state index >= 15 is 0 Å². The number of methoxy groups -OCH3 is 1. The van der Waals surface area contributed by atoms with Gasteiger partial charge in [-0.25, -0.2) is 4.79 Å². The van der Waals surface area contributed by atoms with E-state index in [-0.39, 0.29) is 17.4 Å². The fourth-order valence-corrected chi connectivity index (χ4v) is 2.79. The van der Waals surface area contributed by atoms with Crippen molar-refractivity contribution in [3.63, 3.8) is 0 Å². The number of nitrogens with zero attached hydrogens (tertiary/aromatic N) is 1. The number of carbonyl (C=O) groups is 2. The van der Waals surface area contributed by atoms with Crippen LogP contribution in [-0.4, -0.2) is 41.6 Å². The first-order chi connectivity index (χ1) is 9.95. The number of carboxylic acid groups (broad SMARTS) is 1.